The zero-order chi connectivity index (χ0) is 13.1. The highest BCUT2D eigenvalue weighted by Crippen LogP contribution is 2.32. The van der Waals surface area contributed by atoms with E-state index in [-0.39, 0.29) is 16.1 Å². The molecule has 2 rings (SSSR count). The summed E-state index contributed by atoms with van der Waals surface area (Å²) in [4.78, 5) is 12.8. The lowest BCUT2D eigenvalue weighted by atomic mass is 10.0. The van der Waals surface area contributed by atoms with Crippen molar-refractivity contribution in [3.63, 3.8) is 0 Å². The lowest BCUT2D eigenvalue weighted by Gasteiger charge is -2.34. The van der Waals surface area contributed by atoms with Crippen LogP contribution in [0.1, 0.15) is 24.8 Å². The smallest absolute Gasteiger partial charge is 0.162 e. The van der Waals surface area contributed by atoms with E-state index in [0.717, 1.165) is 25.5 Å². The largest absolute Gasteiger partial charge is 0.359 e. The monoisotopic (exact) mass is 310 g/mol. The van der Waals surface area contributed by atoms with E-state index in [1.807, 2.05) is 6.07 Å². The Morgan fingerprint density at radius 1 is 1.50 bits per heavy atom. The maximum atomic E-state index is 14.2. The Labute approximate surface area is 113 Å². The normalized spacial score (nSPS) is 19.4. The molecule has 0 amide bonds. The van der Waals surface area contributed by atoms with Crippen LogP contribution in [0.2, 0.25) is 0 Å². The van der Waals surface area contributed by atoms with E-state index < -0.39 is 5.82 Å². The number of nitriles is 1. The van der Waals surface area contributed by atoms with Gasteiger partial charge in [0.25, 0.3) is 0 Å². The van der Waals surface area contributed by atoms with Crippen LogP contribution in [0.4, 0.5) is 10.1 Å². The lowest BCUT2D eigenvalue weighted by Crippen LogP contribution is -2.41. The zero-order valence-electron chi connectivity index (χ0n) is 9.70. The Hall–Kier alpha value is -1.41. The van der Waals surface area contributed by atoms with E-state index >= 15 is 0 Å². The first kappa shape index (κ1) is 13.0. The van der Waals surface area contributed by atoms with Crippen molar-refractivity contribution >= 4 is 27.9 Å². The molecule has 1 heterocycles. The minimum atomic E-state index is -0.470. The fourth-order valence-electron chi connectivity index (χ4n) is 2.25. The van der Waals surface area contributed by atoms with Crippen molar-refractivity contribution in [2.75, 3.05) is 11.4 Å². The average Bonchev–Trinajstić information content (AvgIpc) is 2.42. The van der Waals surface area contributed by atoms with Crippen LogP contribution in [0, 0.1) is 17.1 Å². The molecule has 1 atom stereocenters. The van der Waals surface area contributed by atoms with Crippen molar-refractivity contribution in [3.05, 3.63) is 28.0 Å². The summed E-state index contributed by atoms with van der Waals surface area (Å²) in [5, 5.41) is 8.83. The summed E-state index contributed by atoms with van der Waals surface area (Å²) in [5.41, 5.74) is 0.647. The SMILES string of the molecule is N#Cc1ccc(N2CCCCC2C=O)c(F)c1Br. The average molecular weight is 311 g/mol. The Kier molecular flexibility index (Phi) is 3.97. The number of aldehydes is 1. The Morgan fingerprint density at radius 3 is 2.94 bits per heavy atom. The summed E-state index contributed by atoms with van der Waals surface area (Å²) in [6.45, 7) is 0.665. The molecule has 0 aromatic heterocycles. The number of carbonyl (C=O) groups is 1. The van der Waals surface area contributed by atoms with Gasteiger partial charge in [-0.25, -0.2) is 4.39 Å². The fourth-order valence-corrected chi connectivity index (χ4v) is 2.67. The standard InChI is InChI=1S/C13H12BrFN2O/c14-12-9(7-16)4-5-11(13(12)15)17-6-2-1-3-10(17)8-18/h4-5,8,10H,1-3,6H2. The predicted molar refractivity (Wildman–Crippen MR) is 69.9 cm³/mol. The number of anilines is 1. The molecule has 5 heteroatoms. The zero-order valence-corrected chi connectivity index (χ0v) is 11.3. The van der Waals surface area contributed by atoms with E-state index in [1.165, 1.54) is 0 Å². The summed E-state index contributed by atoms with van der Waals surface area (Å²) in [6.07, 6.45) is 3.55. The topological polar surface area (TPSA) is 44.1 Å². The Bertz CT molecular complexity index is 512. The van der Waals surface area contributed by atoms with E-state index in [1.54, 1.807) is 17.0 Å². The van der Waals surface area contributed by atoms with Crippen molar-refractivity contribution in [3.8, 4) is 6.07 Å². The molecule has 0 spiro atoms. The van der Waals surface area contributed by atoms with E-state index in [2.05, 4.69) is 15.9 Å². The first-order chi connectivity index (χ1) is 8.69. The summed E-state index contributed by atoms with van der Waals surface area (Å²) in [7, 11) is 0. The first-order valence-corrected chi connectivity index (χ1v) is 6.58. The fraction of sp³-hybridized carbons (Fsp3) is 0.385. The molecule has 1 aliphatic heterocycles. The molecular formula is C13H12BrFN2O. The summed E-state index contributed by atoms with van der Waals surface area (Å²) >= 11 is 3.09. The highest BCUT2D eigenvalue weighted by molar-refractivity contribution is 9.10. The molecule has 0 aliphatic carbocycles. The second-order valence-electron chi connectivity index (χ2n) is 4.26. The third kappa shape index (κ3) is 2.25. The van der Waals surface area contributed by atoms with Crippen molar-refractivity contribution in [1.82, 2.24) is 0 Å². The highest BCUT2D eigenvalue weighted by Gasteiger charge is 2.25. The molecule has 94 valence electrons. The van der Waals surface area contributed by atoms with Crippen molar-refractivity contribution in [2.24, 2.45) is 0 Å². The van der Waals surface area contributed by atoms with Crippen LogP contribution in [0.3, 0.4) is 0 Å². The third-order valence-corrected chi connectivity index (χ3v) is 3.97. The quantitative estimate of drug-likeness (QED) is 0.789. The maximum Gasteiger partial charge on any atom is 0.162 e. The molecular weight excluding hydrogens is 299 g/mol. The van der Waals surface area contributed by atoms with E-state index in [4.69, 9.17) is 5.26 Å². The summed E-state index contributed by atoms with van der Waals surface area (Å²) in [5.74, 6) is -0.470. The number of hydrogen-bond acceptors (Lipinski definition) is 3. The number of piperidine rings is 1. The van der Waals surface area contributed by atoms with Gasteiger partial charge in [-0.3, -0.25) is 0 Å². The van der Waals surface area contributed by atoms with Gasteiger partial charge in [-0.1, -0.05) is 0 Å². The second kappa shape index (κ2) is 5.49. The molecule has 0 saturated carbocycles. The van der Waals surface area contributed by atoms with E-state index in [9.17, 15) is 9.18 Å². The molecule has 0 bridgehead atoms. The van der Waals surface area contributed by atoms with Gasteiger partial charge in [0, 0.05) is 6.54 Å². The van der Waals surface area contributed by atoms with Gasteiger partial charge in [-0.05, 0) is 47.3 Å². The molecule has 1 aliphatic rings. The van der Waals surface area contributed by atoms with Gasteiger partial charge in [0.15, 0.2) is 5.82 Å². The maximum absolute atomic E-state index is 14.2. The van der Waals surface area contributed by atoms with Crippen LogP contribution in [0.25, 0.3) is 0 Å². The molecule has 0 radical (unpaired) electrons. The van der Waals surface area contributed by atoms with Gasteiger partial charge in [0.05, 0.1) is 21.8 Å². The third-order valence-electron chi connectivity index (χ3n) is 3.20. The second-order valence-corrected chi connectivity index (χ2v) is 5.06. The van der Waals surface area contributed by atoms with Gasteiger partial charge in [0.2, 0.25) is 0 Å². The van der Waals surface area contributed by atoms with Crippen LogP contribution in [0.5, 0.6) is 0 Å². The van der Waals surface area contributed by atoms with Gasteiger partial charge in [-0.2, -0.15) is 5.26 Å². The molecule has 0 N–H and O–H groups in total. The highest BCUT2D eigenvalue weighted by atomic mass is 79.9. The molecule has 1 aromatic rings. The predicted octanol–water partition coefficient (Wildman–Crippen LogP) is 3.02. The van der Waals surface area contributed by atoms with Gasteiger partial charge >= 0.3 is 0 Å². The van der Waals surface area contributed by atoms with Gasteiger partial charge in [-0.15, -0.1) is 0 Å². The molecule has 1 aromatic carbocycles. The van der Waals surface area contributed by atoms with Crippen LogP contribution in [0.15, 0.2) is 16.6 Å². The Morgan fingerprint density at radius 2 is 2.28 bits per heavy atom. The minimum absolute atomic E-state index is 0.165. The molecule has 3 nitrogen and oxygen atoms in total. The number of benzene rings is 1. The summed E-state index contributed by atoms with van der Waals surface area (Å²) < 4.78 is 14.4. The van der Waals surface area contributed by atoms with E-state index in [0.29, 0.717) is 12.2 Å². The van der Waals surface area contributed by atoms with Crippen molar-refractivity contribution in [1.29, 1.82) is 5.26 Å². The van der Waals surface area contributed by atoms with Crippen molar-refractivity contribution in [2.45, 2.75) is 25.3 Å². The van der Waals surface area contributed by atoms with Crippen molar-refractivity contribution < 1.29 is 9.18 Å². The molecule has 18 heavy (non-hydrogen) atoms. The number of carbonyl (C=O) groups excluding carboxylic acids is 1. The number of hydrogen-bond donors (Lipinski definition) is 0. The Balaban J connectivity index is 2.41. The lowest BCUT2D eigenvalue weighted by molar-refractivity contribution is -0.109. The van der Waals surface area contributed by atoms with Crippen LogP contribution in [-0.2, 0) is 4.79 Å². The first-order valence-electron chi connectivity index (χ1n) is 5.79. The van der Waals surface area contributed by atoms with Crippen LogP contribution in [-0.4, -0.2) is 18.9 Å². The molecule has 1 fully saturated rings. The van der Waals surface area contributed by atoms with Gasteiger partial charge in [0.1, 0.15) is 12.4 Å². The van der Waals surface area contributed by atoms with Crippen LogP contribution < -0.4 is 4.90 Å². The summed E-state index contributed by atoms with van der Waals surface area (Å²) in [6, 6.07) is 4.78. The molecule has 1 saturated heterocycles. The minimum Gasteiger partial charge on any atom is -0.359 e. The number of nitrogens with zero attached hydrogens (tertiary/aromatic N) is 2. The van der Waals surface area contributed by atoms with Gasteiger partial charge < -0.3 is 9.69 Å². The number of halogens is 2. The molecule has 1 unspecified atom stereocenters. The number of rotatable bonds is 2. The van der Waals surface area contributed by atoms with Crippen LogP contribution >= 0.6 is 15.9 Å².